The monoisotopic (exact) mass is 386 g/mol. The zero-order valence-corrected chi connectivity index (χ0v) is 16.2. The number of benzene rings is 1. The largest absolute Gasteiger partial charge is 0.392 e. The summed E-state index contributed by atoms with van der Waals surface area (Å²) in [5, 5.41) is 20.9. The van der Waals surface area contributed by atoms with Crippen molar-refractivity contribution in [3.05, 3.63) is 34.4 Å². The van der Waals surface area contributed by atoms with Gasteiger partial charge in [0, 0.05) is 12.6 Å². The molecule has 26 heavy (non-hydrogen) atoms. The summed E-state index contributed by atoms with van der Waals surface area (Å²) in [6.45, 7) is 2.04. The van der Waals surface area contributed by atoms with Crippen LogP contribution < -0.4 is 4.72 Å². The minimum absolute atomic E-state index is 0.148. The molecule has 2 N–H and O–H groups in total. The number of aliphatic hydroxyl groups is 1. The van der Waals surface area contributed by atoms with Crippen LogP contribution in [-0.2, 0) is 10.0 Å². The van der Waals surface area contributed by atoms with Crippen LogP contribution in [0.4, 0.5) is 5.69 Å². The van der Waals surface area contributed by atoms with Gasteiger partial charge in [-0.2, -0.15) is 0 Å². The number of para-hydroxylation sites is 1. The normalized spacial score (nSPS) is 12.8. The Morgan fingerprint density at radius 3 is 2.27 bits per heavy atom. The molecule has 0 aliphatic carbocycles. The Kier molecular flexibility index (Phi) is 10.4. The number of nitrogens with zero attached hydrogens (tertiary/aromatic N) is 1. The van der Waals surface area contributed by atoms with Crippen molar-refractivity contribution in [3.63, 3.8) is 0 Å². The van der Waals surface area contributed by atoms with Crippen LogP contribution in [0.2, 0.25) is 0 Å². The summed E-state index contributed by atoms with van der Waals surface area (Å²) in [7, 11) is -4.03. The van der Waals surface area contributed by atoms with E-state index in [9.17, 15) is 23.6 Å². The molecule has 0 saturated heterocycles. The molecule has 1 aromatic rings. The second-order valence-corrected chi connectivity index (χ2v) is 8.23. The molecule has 0 radical (unpaired) electrons. The first-order chi connectivity index (χ1) is 12.4. The quantitative estimate of drug-likeness (QED) is 0.287. The highest BCUT2D eigenvalue weighted by atomic mass is 32.2. The summed E-state index contributed by atoms with van der Waals surface area (Å²) in [6, 6.07) is 5.17. The first-order valence-electron chi connectivity index (χ1n) is 9.29. The van der Waals surface area contributed by atoms with Crippen molar-refractivity contribution in [1.29, 1.82) is 0 Å². The van der Waals surface area contributed by atoms with Gasteiger partial charge in [0.25, 0.3) is 5.69 Å². The van der Waals surface area contributed by atoms with Crippen LogP contribution in [0.15, 0.2) is 29.2 Å². The minimum Gasteiger partial charge on any atom is -0.392 e. The topological polar surface area (TPSA) is 110 Å². The highest BCUT2D eigenvalue weighted by Gasteiger charge is 2.25. The number of sulfonamides is 1. The average molecular weight is 387 g/mol. The molecule has 0 bridgehead atoms. The number of nitro groups is 1. The highest BCUT2D eigenvalue weighted by Crippen LogP contribution is 2.22. The number of nitrogens with one attached hydrogen (secondary N) is 1. The van der Waals surface area contributed by atoms with Crippen LogP contribution in [0, 0.1) is 10.1 Å². The molecule has 0 aliphatic heterocycles. The molecule has 0 saturated carbocycles. The van der Waals surface area contributed by atoms with Gasteiger partial charge < -0.3 is 5.11 Å². The van der Waals surface area contributed by atoms with E-state index in [-0.39, 0.29) is 11.4 Å². The third kappa shape index (κ3) is 8.25. The van der Waals surface area contributed by atoms with E-state index in [4.69, 9.17) is 0 Å². The van der Waals surface area contributed by atoms with Crippen LogP contribution in [-0.4, -0.2) is 31.1 Å². The van der Waals surface area contributed by atoms with E-state index in [1.165, 1.54) is 50.3 Å². The molecule has 0 amide bonds. The van der Waals surface area contributed by atoms with Gasteiger partial charge in [-0.3, -0.25) is 10.1 Å². The zero-order chi connectivity index (χ0) is 19.4. The van der Waals surface area contributed by atoms with Crippen LogP contribution in [0.3, 0.4) is 0 Å². The highest BCUT2D eigenvalue weighted by molar-refractivity contribution is 7.89. The standard InChI is InChI=1S/C18H30N2O5S/c1-2-3-4-5-6-7-8-9-12-16(21)15-19-26(24,25)18-14-11-10-13-17(18)20(22)23/h10-11,13-14,16,19,21H,2-9,12,15H2,1H3/t16-/m0/s1. The number of hydrogen-bond acceptors (Lipinski definition) is 5. The fourth-order valence-electron chi connectivity index (χ4n) is 2.73. The van der Waals surface area contributed by atoms with Crippen molar-refractivity contribution in [2.75, 3.05) is 6.54 Å². The number of nitro benzene ring substituents is 1. The molecule has 0 fully saturated rings. The zero-order valence-electron chi connectivity index (χ0n) is 15.4. The van der Waals surface area contributed by atoms with Crippen LogP contribution in [0.25, 0.3) is 0 Å². The molecule has 148 valence electrons. The summed E-state index contributed by atoms with van der Waals surface area (Å²) in [6.07, 6.45) is 8.90. The predicted octanol–water partition coefficient (Wildman–Crippen LogP) is 3.76. The van der Waals surface area contributed by atoms with Crippen molar-refractivity contribution < 1.29 is 18.4 Å². The lowest BCUT2D eigenvalue weighted by Gasteiger charge is -2.12. The van der Waals surface area contributed by atoms with Crippen LogP contribution in [0.5, 0.6) is 0 Å². The number of aliphatic hydroxyl groups excluding tert-OH is 1. The van der Waals surface area contributed by atoms with Gasteiger partial charge in [0.05, 0.1) is 11.0 Å². The molecule has 0 aliphatic rings. The molecular formula is C18H30N2O5S. The van der Waals surface area contributed by atoms with E-state index >= 15 is 0 Å². The van der Waals surface area contributed by atoms with Gasteiger partial charge in [-0.1, -0.05) is 70.4 Å². The Morgan fingerprint density at radius 1 is 1.08 bits per heavy atom. The smallest absolute Gasteiger partial charge is 0.289 e. The molecule has 1 atom stereocenters. The van der Waals surface area contributed by atoms with E-state index in [0.29, 0.717) is 6.42 Å². The van der Waals surface area contributed by atoms with E-state index < -0.39 is 26.7 Å². The summed E-state index contributed by atoms with van der Waals surface area (Å²) >= 11 is 0. The van der Waals surface area contributed by atoms with Gasteiger partial charge in [-0.15, -0.1) is 0 Å². The Labute approximate surface area is 156 Å². The summed E-state index contributed by atoms with van der Waals surface area (Å²) < 4.78 is 26.7. The molecule has 0 aromatic heterocycles. The first kappa shape index (κ1) is 22.5. The van der Waals surface area contributed by atoms with E-state index in [0.717, 1.165) is 25.3 Å². The van der Waals surface area contributed by atoms with Crippen LogP contribution in [0.1, 0.15) is 64.7 Å². The molecule has 7 nitrogen and oxygen atoms in total. The molecule has 0 heterocycles. The van der Waals surface area contributed by atoms with Crippen LogP contribution >= 0.6 is 0 Å². The third-order valence-electron chi connectivity index (χ3n) is 4.25. The predicted molar refractivity (Wildman–Crippen MR) is 102 cm³/mol. The molecular weight excluding hydrogens is 356 g/mol. The fourth-order valence-corrected chi connectivity index (χ4v) is 3.98. The van der Waals surface area contributed by atoms with Crippen molar-refractivity contribution in [1.82, 2.24) is 4.72 Å². The Morgan fingerprint density at radius 2 is 1.65 bits per heavy atom. The molecule has 8 heteroatoms. The van der Waals surface area contributed by atoms with Crippen molar-refractivity contribution in [2.45, 2.75) is 75.7 Å². The van der Waals surface area contributed by atoms with Gasteiger partial charge in [0.2, 0.25) is 10.0 Å². The molecule has 0 spiro atoms. The van der Waals surface area contributed by atoms with Crippen molar-refractivity contribution >= 4 is 15.7 Å². The third-order valence-corrected chi connectivity index (χ3v) is 5.72. The van der Waals surface area contributed by atoms with Gasteiger partial charge in [0.1, 0.15) is 0 Å². The van der Waals surface area contributed by atoms with Gasteiger partial charge >= 0.3 is 0 Å². The van der Waals surface area contributed by atoms with E-state index in [1.54, 1.807) is 0 Å². The van der Waals surface area contributed by atoms with Gasteiger partial charge in [-0.25, -0.2) is 13.1 Å². The maximum Gasteiger partial charge on any atom is 0.289 e. The number of hydrogen-bond donors (Lipinski definition) is 2. The minimum atomic E-state index is -4.03. The lowest BCUT2D eigenvalue weighted by molar-refractivity contribution is -0.387. The first-order valence-corrected chi connectivity index (χ1v) is 10.8. The Balaban J connectivity index is 2.33. The average Bonchev–Trinajstić information content (AvgIpc) is 2.62. The Hall–Kier alpha value is -1.51. The van der Waals surface area contributed by atoms with E-state index in [2.05, 4.69) is 11.6 Å². The summed E-state index contributed by atoms with van der Waals surface area (Å²) in [5.74, 6) is 0. The molecule has 1 aromatic carbocycles. The summed E-state index contributed by atoms with van der Waals surface area (Å²) in [4.78, 5) is 9.84. The van der Waals surface area contributed by atoms with Gasteiger partial charge in [0.15, 0.2) is 4.90 Å². The fraction of sp³-hybridized carbons (Fsp3) is 0.667. The van der Waals surface area contributed by atoms with Gasteiger partial charge in [-0.05, 0) is 12.5 Å². The lowest BCUT2D eigenvalue weighted by Crippen LogP contribution is -2.32. The SMILES string of the molecule is CCCCCCCCCC[C@H](O)CNS(=O)(=O)c1ccccc1[N+](=O)[O-]. The van der Waals surface area contributed by atoms with Crippen molar-refractivity contribution in [2.24, 2.45) is 0 Å². The maximum atomic E-state index is 12.2. The maximum absolute atomic E-state index is 12.2. The second kappa shape index (κ2) is 12.0. The van der Waals surface area contributed by atoms with E-state index in [1.807, 2.05) is 0 Å². The second-order valence-electron chi connectivity index (χ2n) is 6.49. The molecule has 1 rings (SSSR count). The molecule has 0 unspecified atom stereocenters. The van der Waals surface area contributed by atoms with Crippen molar-refractivity contribution in [3.8, 4) is 0 Å². The summed E-state index contributed by atoms with van der Waals surface area (Å²) in [5.41, 5.74) is -0.474. The lowest BCUT2D eigenvalue weighted by atomic mass is 10.1. The number of unbranched alkanes of at least 4 members (excludes halogenated alkanes) is 7. The number of rotatable bonds is 14. The Bertz CT molecular complexity index is 649.